The van der Waals surface area contributed by atoms with Crippen molar-refractivity contribution < 1.29 is 0 Å². The standard InChI is InChI=1S/C14H14ClN/c1-10(16)12-3-2-4-13(9-12)11-5-7-14(15)8-6-11/h2-10H,16H2,1H3/t10-/m0/s1. The molecule has 2 N–H and O–H groups in total. The van der Waals surface area contributed by atoms with Crippen LogP contribution in [-0.4, -0.2) is 0 Å². The molecule has 0 saturated heterocycles. The van der Waals surface area contributed by atoms with Crippen LogP contribution in [0.4, 0.5) is 0 Å². The van der Waals surface area contributed by atoms with Gasteiger partial charge in [0.2, 0.25) is 0 Å². The molecule has 0 bridgehead atoms. The second-order valence-corrected chi connectivity index (χ2v) is 4.36. The van der Waals surface area contributed by atoms with Gasteiger partial charge in [-0.1, -0.05) is 41.9 Å². The van der Waals surface area contributed by atoms with E-state index in [1.807, 2.05) is 43.3 Å². The van der Waals surface area contributed by atoms with Gasteiger partial charge in [0.05, 0.1) is 0 Å². The molecule has 2 rings (SSSR count). The average molecular weight is 232 g/mol. The van der Waals surface area contributed by atoms with Gasteiger partial charge >= 0.3 is 0 Å². The average Bonchev–Trinajstić information content (AvgIpc) is 2.30. The van der Waals surface area contributed by atoms with Crippen molar-refractivity contribution in [3.63, 3.8) is 0 Å². The Labute approximate surface area is 101 Å². The molecule has 16 heavy (non-hydrogen) atoms. The van der Waals surface area contributed by atoms with Gasteiger partial charge in [-0.3, -0.25) is 0 Å². The second-order valence-electron chi connectivity index (χ2n) is 3.92. The van der Waals surface area contributed by atoms with Gasteiger partial charge in [-0.05, 0) is 41.8 Å². The van der Waals surface area contributed by atoms with E-state index < -0.39 is 0 Å². The Bertz CT molecular complexity index is 474. The van der Waals surface area contributed by atoms with E-state index in [9.17, 15) is 0 Å². The van der Waals surface area contributed by atoms with Gasteiger partial charge in [0.15, 0.2) is 0 Å². The summed E-state index contributed by atoms with van der Waals surface area (Å²) in [5.74, 6) is 0. The van der Waals surface area contributed by atoms with Crippen LogP contribution in [0.1, 0.15) is 18.5 Å². The molecule has 0 spiro atoms. The largest absolute Gasteiger partial charge is 0.324 e. The summed E-state index contributed by atoms with van der Waals surface area (Å²) in [6.07, 6.45) is 0. The summed E-state index contributed by atoms with van der Waals surface area (Å²) in [7, 11) is 0. The maximum absolute atomic E-state index is 5.86. The van der Waals surface area contributed by atoms with Crippen LogP contribution in [-0.2, 0) is 0 Å². The first-order valence-electron chi connectivity index (χ1n) is 5.28. The third kappa shape index (κ3) is 2.43. The van der Waals surface area contributed by atoms with Crippen molar-refractivity contribution in [1.29, 1.82) is 0 Å². The summed E-state index contributed by atoms with van der Waals surface area (Å²) in [5.41, 5.74) is 9.34. The highest BCUT2D eigenvalue weighted by molar-refractivity contribution is 6.30. The third-order valence-electron chi connectivity index (χ3n) is 2.59. The molecular weight excluding hydrogens is 218 g/mol. The normalized spacial score (nSPS) is 12.4. The van der Waals surface area contributed by atoms with E-state index in [0.717, 1.165) is 16.1 Å². The molecular formula is C14H14ClN. The first-order valence-corrected chi connectivity index (χ1v) is 5.66. The monoisotopic (exact) mass is 231 g/mol. The number of hydrogen-bond acceptors (Lipinski definition) is 1. The molecule has 2 aromatic rings. The van der Waals surface area contributed by atoms with Crippen molar-refractivity contribution in [2.45, 2.75) is 13.0 Å². The summed E-state index contributed by atoms with van der Waals surface area (Å²) < 4.78 is 0. The van der Waals surface area contributed by atoms with E-state index in [4.69, 9.17) is 17.3 Å². The maximum atomic E-state index is 5.86. The SMILES string of the molecule is C[C@H](N)c1cccc(-c2ccc(Cl)cc2)c1. The number of rotatable bonds is 2. The molecule has 0 aliphatic rings. The minimum absolute atomic E-state index is 0.0623. The summed E-state index contributed by atoms with van der Waals surface area (Å²) in [5, 5.41) is 0.757. The van der Waals surface area contributed by atoms with E-state index in [1.165, 1.54) is 5.56 Å². The molecule has 0 radical (unpaired) electrons. The van der Waals surface area contributed by atoms with Crippen LogP contribution >= 0.6 is 11.6 Å². The van der Waals surface area contributed by atoms with Gasteiger partial charge in [0.1, 0.15) is 0 Å². The van der Waals surface area contributed by atoms with Crippen LogP contribution in [0.25, 0.3) is 11.1 Å². The molecule has 0 aliphatic carbocycles. The first-order chi connectivity index (χ1) is 7.66. The molecule has 2 aromatic carbocycles. The lowest BCUT2D eigenvalue weighted by Crippen LogP contribution is -2.04. The van der Waals surface area contributed by atoms with E-state index in [2.05, 4.69) is 12.1 Å². The number of halogens is 1. The lowest BCUT2D eigenvalue weighted by Gasteiger charge is -2.08. The Hall–Kier alpha value is -1.31. The van der Waals surface area contributed by atoms with Crippen molar-refractivity contribution in [2.75, 3.05) is 0 Å². The molecule has 0 heterocycles. The molecule has 0 fully saturated rings. The Morgan fingerprint density at radius 1 is 1.00 bits per heavy atom. The van der Waals surface area contributed by atoms with E-state index in [1.54, 1.807) is 0 Å². The first kappa shape index (κ1) is 11.2. The topological polar surface area (TPSA) is 26.0 Å². The van der Waals surface area contributed by atoms with Gasteiger partial charge in [0, 0.05) is 11.1 Å². The minimum atomic E-state index is 0.0623. The number of benzene rings is 2. The zero-order valence-corrected chi connectivity index (χ0v) is 9.91. The zero-order valence-electron chi connectivity index (χ0n) is 9.15. The smallest absolute Gasteiger partial charge is 0.0406 e. The number of hydrogen-bond donors (Lipinski definition) is 1. The Morgan fingerprint density at radius 2 is 1.69 bits per heavy atom. The van der Waals surface area contributed by atoms with E-state index in [-0.39, 0.29) is 6.04 Å². The molecule has 0 amide bonds. The fraction of sp³-hybridized carbons (Fsp3) is 0.143. The Kier molecular flexibility index (Phi) is 3.28. The highest BCUT2D eigenvalue weighted by atomic mass is 35.5. The molecule has 82 valence electrons. The molecule has 0 unspecified atom stereocenters. The van der Waals surface area contributed by atoms with E-state index >= 15 is 0 Å². The summed E-state index contributed by atoms with van der Waals surface area (Å²) >= 11 is 5.86. The zero-order chi connectivity index (χ0) is 11.5. The van der Waals surface area contributed by atoms with Gasteiger partial charge in [-0.25, -0.2) is 0 Å². The highest BCUT2D eigenvalue weighted by Crippen LogP contribution is 2.23. The van der Waals surface area contributed by atoms with Gasteiger partial charge in [-0.2, -0.15) is 0 Å². The van der Waals surface area contributed by atoms with Crippen LogP contribution in [0.15, 0.2) is 48.5 Å². The molecule has 1 atom stereocenters. The second kappa shape index (κ2) is 4.69. The number of nitrogens with two attached hydrogens (primary N) is 1. The quantitative estimate of drug-likeness (QED) is 0.830. The predicted octanol–water partition coefficient (Wildman–Crippen LogP) is 4.03. The molecule has 2 heteroatoms. The minimum Gasteiger partial charge on any atom is -0.324 e. The fourth-order valence-corrected chi connectivity index (χ4v) is 1.77. The molecule has 0 aromatic heterocycles. The van der Waals surface area contributed by atoms with Crippen LogP contribution in [0.5, 0.6) is 0 Å². The van der Waals surface area contributed by atoms with Crippen LogP contribution in [0.2, 0.25) is 5.02 Å². The predicted molar refractivity (Wildman–Crippen MR) is 69.5 cm³/mol. The van der Waals surface area contributed by atoms with Crippen LogP contribution in [0, 0.1) is 0 Å². The highest BCUT2D eigenvalue weighted by Gasteiger charge is 2.02. The van der Waals surface area contributed by atoms with Gasteiger partial charge < -0.3 is 5.73 Å². The maximum Gasteiger partial charge on any atom is 0.0406 e. The fourth-order valence-electron chi connectivity index (χ4n) is 1.64. The summed E-state index contributed by atoms with van der Waals surface area (Å²) in [6.45, 7) is 1.99. The van der Waals surface area contributed by atoms with Crippen molar-refractivity contribution in [1.82, 2.24) is 0 Å². The Morgan fingerprint density at radius 3 is 2.31 bits per heavy atom. The molecule has 0 saturated carbocycles. The van der Waals surface area contributed by atoms with Crippen molar-refractivity contribution in [3.8, 4) is 11.1 Å². The molecule has 1 nitrogen and oxygen atoms in total. The Balaban J connectivity index is 2.40. The van der Waals surface area contributed by atoms with Gasteiger partial charge in [-0.15, -0.1) is 0 Å². The van der Waals surface area contributed by atoms with E-state index in [0.29, 0.717) is 0 Å². The van der Waals surface area contributed by atoms with Crippen molar-refractivity contribution in [2.24, 2.45) is 5.73 Å². The van der Waals surface area contributed by atoms with Crippen LogP contribution < -0.4 is 5.73 Å². The third-order valence-corrected chi connectivity index (χ3v) is 2.84. The summed E-state index contributed by atoms with van der Waals surface area (Å²) in [6, 6.07) is 16.2. The van der Waals surface area contributed by atoms with Crippen molar-refractivity contribution >= 4 is 11.6 Å². The van der Waals surface area contributed by atoms with Crippen LogP contribution in [0.3, 0.4) is 0 Å². The lowest BCUT2D eigenvalue weighted by atomic mass is 10.0. The van der Waals surface area contributed by atoms with Gasteiger partial charge in [0.25, 0.3) is 0 Å². The molecule has 0 aliphatic heterocycles. The van der Waals surface area contributed by atoms with Crippen molar-refractivity contribution in [3.05, 3.63) is 59.1 Å². The lowest BCUT2D eigenvalue weighted by molar-refractivity contribution is 0.819. The summed E-state index contributed by atoms with van der Waals surface area (Å²) in [4.78, 5) is 0.